The molecular formula is C16H17ClN2O2. The molecule has 2 atom stereocenters. The van der Waals surface area contributed by atoms with Crippen molar-refractivity contribution in [2.24, 2.45) is 0 Å². The van der Waals surface area contributed by atoms with Crippen LogP contribution in [0.4, 0.5) is 0 Å². The fraction of sp³-hybridized carbons (Fsp3) is 0.250. The Morgan fingerprint density at radius 3 is 2.71 bits per heavy atom. The lowest BCUT2D eigenvalue weighted by Crippen LogP contribution is -2.34. The predicted octanol–water partition coefficient (Wildman–Crippen LogP) is 2.98. The highest BCUT2D eigenvalue weighted by atomic mass is 35.5. The minimum atomic E-state index is -0.617. The van der Waals surface area contributed by atoms with Crippen LogP contribution in [0.15, 0.2) is 48.7 Å². The number of nitrogens with one attached hydrogen (secondary N) is 1. The smallest absolute Gasteiger partial charge is 0.270 e. The van der Waals surface area contributed by atoms with E-state index in [4.69, 9.17) is 11.6 Å². The third-order valence-corrected chi connectivity index (χ3v) is 3.33. The SMILES string of the molecule is CC(CC(O)c1ccccc1)NC(=O)c1cc(Cl)ccn1. The maximum atomic E-state index is 12.0. The molecule has 1 aromatic carbocycles. The summed E-state index contributed by atoms with van der Waals surface area (Å²) in [5.41, 5.74) is 1.10. The molecule has 0 aliphatic heterocycles. The summed E-state index contributed by atoms with van der Waals surface area (Å²) in [5, 5.41) is 13.4. The molecule has 21 heavy (non-hydrogen) atoms. The summed E-state index contributed by atoms with van der Waals surface area (Å²) in [6.45, 7) is 1.84. The molecule has 5 heteroatoms. The quantitative estimate of drug-likeness (QED) is 0.892. The summed E-state index contributed by atoms with van der Waals surface area (Å²) in [7, 11) is 0. The molecule has 0 fully saturated rings. The Balaban J connectivity index is 1.92. The molecule has 0 saturated carbocycles. The van der Waals surface area contributed by atoms with Crippen molar-refractivity contribution in [1.29, 1.82) is 0 Å². The Labute approximate surface area is 128 Å². The summed E-state index contributed by atoms with van der Waals surface area (Å²) in [6, 6.07) is 12.3. The normalized spacial score (nSPS) is 13.5. The van der Waals surface area contributed by atoms with Gasteiger partial charge >= 0.3 is 0 Å². The molecule has 2 rings (SSSR count). The lowest BCUT2D eigenvalue weighted by atomic mass is 10.0. The Kier molecular flexibility index (Phi) is 5.31. The first kappa shape index (κ1) is 15.5. The van der Waals surface area contributed by atoms with Crippen LogP contribution >= 0.6 is 11.6 Å². The second-order valence-corrected chi connectivity index (χ2v) is 5.33. The summed E-state index contributed by atoms with van der Waals surface area (Å²) in [4.78, 5) is 16.0. The summed E-state index contributed by atoms with van der Waals surface area (Å²) >= 11 is 5.83. The van der Waals surface area contributed by atoms with E-state index in [0.29, 0.717) is 11.4 Å². The van der Waals surface area contributed by atoms with E-state index < -0.39 is 6.10 Å². The van der Waals surface area contributed by atoms with Crippen molar-refractivity contribution in [1.82, 2.24) is 10.3 Å². The number of pyridine rings is 1. The van der Waals surface area contributed by atoms with Gasteiger partial charge in [-0.05, 0) is 31.0 Å². The van der Waals surface area contributed by atoms with Crippen molar-refractivity contribution in [3.63, 3.8) is 0 Å². The van der Waals surface area contributed by atoms with Crippen molar-refractivity contribution in [3.05, 3.63) is 64.9 Å². The molecule has 4 nitrogen and oxygen atoms in total. The molecule has 0 radical (unpaired) electrons. The van der Waals surface area contributed by atoms with Crippen LogP contribution in [0, 0.1) is 0 Å². The summed E-state index contributed by atoms with van der Waals surface area (Å²) in [5.74, 6) is -0.301. The lowest BCUT2D eigenvalue weighted by Gasteiger charge is -2.18. The first-order valence-corrected chi connectivity index (χ1v) is 7.09. The number of aliphatic hydroxyl groups is 1. The van der Waals surface area contributed by atoms with Crippen LogP contribution in [-0.4, -0.2) is 22.0 Å². The second-order valence-electron chi connectivity index (χ2n) is 4.90. The summed E-state index contributed by atoms with van der Waals surface area (Å²) in [6.07, 6.45) is 1.30. The highest BCUT2D eigenvalue weighted by molar-refractivity contribution is 6.30. The zero-order valence-corrected chi connectivity index (χ0v) is 12.4. The van der Waals surface area contributed by atoms with E-state index in [0.717, 1.165) is 5.56 Å². The van der Waals surface area contributed by atoms with Crippen molar-refractivity contribution < 1.29 is 9.90 Å². The van der Waals surface area contributed by atoms with Crippen LogP contribution in [0.5, 0.6) is 0 Å². The van der Waals surface area contributed by atoms with Gasteiger partial charge in [-0.3, -0.25) is 9.78 Å². The number of amides is 1. The number of aromatic nitrogens is 1. The zero-order chi connectivity index (χ0) is 15.2. The highest BCUT2D eigenvalue weighted by Gasteiger charge is 2.16. The fourth-order valence-electron chi connectivity index (χ4n) is 2.03. The Bertz CT molecular complexity index is 604. The average Bonchev–Trinajstić information content (AvgIpc) is 2.48. The van der Waals surface area contributed by atoms with Crippen molar-refractivity contribution in [2.45, 2.75) is 25.5 Å². The molecule has 1 heterocycles. The molecule has 0 aliphatic carbocycles. The van der Waals surface area contributed by atoms with Gasteiger partial charge in [-0.25, -0.2) is 0 Å². The monoisotopic (exact) mass is 304 g/mol. The molecule has 110 valence electrons. The standard InChI is InChI=1S/C16H17ClN2O2/c1-11(9-15(20)12-5-3-2-4-6-12)19-16(21)14-10-13(17)7-8-18-14/h2-8,10-11,15,20H,9H2,1H3,(H,19,21). The number of carbonyl (C=O) groups is 1. The first-order chi connectivity index (χ1) is 10.1. The molecule has 2 aromatic rings. The molecule has 2 N–H and O–H groups in total. The van der Waals surface area contributed by atoms with Gasteiger partial charge < -0.3 is 10.4 Å². The molecule has 1 aromatic heterocycles. The van der Waals surface area contributed by atoms with Crippen LogP contribution in [0.2, 0.25) is 5.02 Å². The number of hydrogen-bond acceptors (Lipinski definition) is 3. The van der Waals surface area contributed by atoms with Crippen LogP contribution in [0.3, 0.4) is 0 Å². The Morgan fingerprint density at radius 1 is 1.33 bits per heavy atom. The number of rotatable bonds is 5. The highest BCUT2D eigenvalue weighted by Crippen LogP contribution is 2.18. The maximum Gasteiger partial charge on any atom is 0.270 e. The molecule has 0 aliphatic rings. The zero-order valence-electron chi connectivity index (χ0n) is 11.7. The van der Waals surface area contributed by atoms with Crippen molar-refractivity contribution in [2.75, 3.05) is 0 Å². The van der Waals surface area contributed by atoms with Gasteiger partial charge in [-0.1, -0.05) is 41.9 Å². The molecule has 0 bridgehead atoms. The van der Waals surface area contributed by atoms with Gasteiger partial charge in [0.1, 0.15) is 5.69 Å². The van der Waals surface area contributed by atoms with Crippen LogP contribution in [0.1, 0.15) is 35.5 Å². The number of benzene rings is 1. The maximum absolute atomic E-state index is 12.0. The molecule has 0 spiro atoms. The third-order valence-electron chi connectivity index (χ3n) is 3.09. The van der Waals surface area contributed by atoms with Crippen LogP contribution in [0.25, 0.3) is 0 Å². The fourth-order valence-corrected chi connectivity index (χ4v) is 2.19. The molecule has 0 saturated heterocycles. The van der Waals surface area contributed by atoms with E-state index in [-0.39, 0.29) is 17.6 Å². The van der Waals surface area contributed by atoms with Gasteiger partial charge in [0.05, 0.1) is 6.10 Å². The first-order valence-electron chi connectivity index (χ1n) is 6.71. The van der Waals surface area contributed by atoms with E-state index in [1.807, 2.05) is 37.3 Å². The third kappa shape index (κ3) is 4.55. The summed E-state index contributed by atoms with van der Waals surface area (Å²) < 4.78 is 0. The van der Waals surface area contributed by atoms with Crippen molar-refractivity contribution in [3.8, 4) is 0 Å². The predicted molar refractivity (Wildman–Crippen MR) is 82.2 cm³/mol. The lowest BCUT2D eigenvalue weighted by molar-refractivity contribution is 0.0912. The van der Waals surface area contributed by atoms with E-state index in [9.17, 15) is 9.90 Å². The average molecular weight is 305 g/mol. The van der Waals surface area contributed by atoms with Gasteiger partial charge in [0.2, 0.25) is 0 Å². The number of nitrogens with zero attached hydrogens (tertiary/aromatic N) is 1. The minimum Gasteiger partial charge on any atom is -0.388 e. The number of halogens is 1. The van der Waals surface area contributed by atoms with E-state index in [2.05, 4.69) is 10.3 Å². The van der Waals surface area contributed by atoms with E-state index >= 15 is 0 Å². The van der Waals surface area contributed by atoms with E-state index in [1.165, 1.54) is 12.3 Å². The number of hydrogen-bond donors (Lipinski definition) is 2. The van der Waals surface area contributed by atoms with Crippen LogP contribution in [-0.2, 0) is 0 Å². The molecular weight excluding hydrogens is 288 g/mol. The van der Waals surface area contributed by atoms with Crippen molar-refractivity contribution >= 4 is 17.5 Å². The Morgan fingerprint density at radius 2 is 2.05 bits per heavy atom. The Hall–Kier alpha value is -1.91. The minimum absolute atomic E-state index is 0.187. The number of carbonyl (C=O) groups excluding carboxylic acids is 1. The largest absolute Gasteiger partial charge is 0.388 e. The topological polar surface area (TPSA) is 62.2 Å². The van der Waals surface area contributed by atoms with E-state index in [1.54, 1.807) is 6.07 Å². The van der Waals surface area contributed by atoms with Gasteiger partial charge in [0.25, 0.3) is 5.91 Å². The van der Waals surface area contributed by atoms with Crippen LogP contribution < -0.4 is 5.32 Å². The number of aliphatic hydroxyl groups excluding tert-OH is 1. The van der Waals surface area contributed by atoms with Gasteiger partial charge in [0, 0.05) is 17.3 Å². The second kappa shape index (κ2) is 7.20. The van der Waals surface area contributed by atoms with Gasteiger partial charge in [0.15, 0.2) is 0 Å². The molecule has 1 amide bonds. The van der Waals surface area contributed by atoms with Gasteiger partial charge in [-0.2, -0.15) is 0 Å². The van der Waals surface area contributed by atoms with Gasteiger partial charge in [-0.15, -0.1) is 0 Å². The molecule has 2 unspecified atom stereocenters.